The molecule has 0 aromatic carbocycles. The van der Waals surface area contributed by atoms with Gasteiger partial charge in [-0.05, 0) is 31.9 Å². The van der Waals surface area contributed by atoms with Crippen molar-refractivity contribution < 1.29 is 9.53 Å². The molecular weight excluding hydrogens is 254 g/mol. The third-order valence-corrected chi connectivity index (χ3v) is 3.31. The average molecular weight is 277 g/mol. The Labute approximate surface area is 120 Å². The number of nitrogens with one attached hydrogen (secondary N) is 1. The van der Waals surface area contributed by atoms with Gasteiger partial charge in [0.1, 0.15) is 5.82 Å². The number of aromatic nitrogens is 1. The number of carbonyl (C=O) groups excluding carboxylic acids is 1. The smallest absolute Gasteiger partial charge is 0.255 e. The highest BCUT2D eigenvalue weighted by atomic mass is 16.5. The molecule has 1 N–H and O–H groups in total. The van der Waals surface area contributed by atoms with Gasteiger partial charge in [0.25, 0.3) is 5.91 Å². The van der Waals surface area contributed by atoms with Crippen LogP contribution in [-0.4, -0.2) is 48.1 Å². The van der Waals surface area contributed by atoms with Crippen molar-refractivity contribution >= 4 is 11.7 Å². The molecule has 1 fully saturated rings. The minimum Gasteiger partial charge on any atom is -0.377 e. The number of rotatable bonds is 4. The van der Waals surface area contributed by atoms with Gasteiger partial charge in [-0.1, -0.05) is 6.92 Å². The van der Waals surface area contributed by atoms with E-state index >= 15 is 0 Å². The van der Waals surface area contributed by atoms with Crippen LogP contribution in [0.5, 0.6) is 0 Å². The van der Waals surface area contributed by atoms with Crippen molar-refractivity contribution in [1.29, 1.82) is 0 Å². The summed E-state index contributed by atoms with van der Waals surface area (Å²) in [5, 5.41) is 3.20. The van der Waals surface area contributed by atoms with Crippen LogP contribution in [0.4, 0.5) is 5.82 Å². The first kappa shape index (κ1) is 14.8. The molecule has 1 atom stereocenters. The zero-order chi connectivity index (χ0) is 14.4. The molecule has 0 spiro atoms. The van der Waals surface area contributed by atoms with E-state index in [1.807, 2.05) is 24.0 Å². The maximum Gasteiger partial charge on any atom is 0.255 e. The first-order chi connectivity index (χ1) is 9.70. The van der Waals surface area contributed by atoms with Gasteiger partial charge in [-0.15, -0.1) is 0 Å². The van der Waals surface area contributed by atoms with Crippen LogP contribution in [0.25, 0.3) is 0 Å². The molecule has 1 aliphatic heterocycles. The standard InChI is InChI=1S/C15H23N3O2/c1-3-7-16-14-6-5-13(10-17-14)15(19)18-8-4-9-20-12(2)11-18/h5-6,10,12H,3-4,7-9,11H2,1-2H3,(H,16,17). The number of hydrogen-bond acceptors (Lipinski definition) is 4. The predicted molar refractivity (Wildman–Crippen MR) is 79.0 cm³/mol. The first-order valence-corrected chi connectivity index (χ1v) is 7.31. The highest BCUT2D eigenvalue weighted by molar-refractivity contribution is 5.94. The fraction of sp³-hybridized carbons (Fsp3) is 0.600. The van der Waals surface area contributed by atoms with Crippen molar-refractivity contribution in [1.82, 2.24) is 9.88 Å². The van der Waals surface area contributed by atoms with E-state index in [4.69, 9.17) is 4.74 Å². The summed E-state index contributed by atoms with van der Waals surface area (Å²) in [7, 11) is 0. The summed E-state index contributed by atoms with van der Waals surface area (Å²) in [4.78, 5) is 18.6. The molecule has 5 nitrogen and oxygen atoms in total. The predicted octanol–water partition coefficient (Wildman–Crippen LogP) is 2.15. The van der Waals surface area contributed by atoms with Crippen molar-refractivity contribution in [2.75, 3.05) is 31.6 Å². The van der Waals surface area contributed by atoms with Crippen LogP contribution < -0.4 is 5.32 Å². The van der Waals surface area contributed by atoms with Crippen LogP contribution in [-0.2, 0) is 4.74 Å². The van der Waals surface area contributed by atoms with Gasteiger partial charge in [0.05, 0.1) is 11.7 Å². The molecule has 110 valence electrons. The third-order valence-electron chi connectivity index (χ3n) is 3.31. The molecule has 1 unspecified atom stereocenters. The Kier molecular flexibility index (Phi) is 5.35. The molecule has 2 heterocycles. The Hall–Kier alpha value is -1.62. The van der Waals surface area contributed by atoms with Crippen molar-refractivity contribution in [3.05, 3.63) is 23.9 Å². The lowest BCUT2D eigenvalue weighted by atomic mass is 10.2. The molecule has 0 saturated carbocycles. The number of carbonyl (C=O) groups is 1. The molecule has 20 heavy (non-hydrogen) atoms. The summed E-state index contributed by atoms with van der Waals surface area (Å²) >= 11 is 0. The molecule has 2 rings (SSSR count). The summed E-state index contributed by atoms with van der Waals surface area (Å²) in [5.41, 5.74) is 0.640. The van der Waals surface area contributed by atoms with Gasteiger partial charge in [-0.3, -0.25) is 4.79 Å². The van der Waals surface area contributed by atoms with Gasteiger partial charge in [-0.2, -0.15) is 0 Å². The van der Waals surface area contributed by atoms with Crippen molar-refractivity contribution in [2.24, 2.45) is 0 Å². The lowest BCUT2D eigenvalue weighted by molar-refractivity contribution is 0.0562. The Morgan fingerprint density at radius 2 is 2.40 bits per heavy atom. The number of amides is 1. The second-order valence-electron chi connectivity index (χ2n) is 5.15. The second kappa shape index (κ2) is 7.24. The molecule has 0 aliphatic carbocycles. The molecule has 0 radical (unpaired) electrons. The van der Waals surface area contributed by atoms with Crippen LogP contribution >= 0.6 is 0 Å². The Bertz CT molecular complexity index is 433. The maximum absolute atomic E-state index is 12.4. The lowest BCUT2D eigenvalue weighted by Gasteiger charge is -2.22. The van der Waals surface area contributed by atoms with Crippen molar-refractivity contribution in [2.45, 2.75) is 32.8 Å². The van der Waals surface area contributed by atoms with Gasteiger partial charge < -0.3 is 15.0 Å². The second-order valence-corrected chi connectivity index (χ2v) is 5.15. The zero-order valence-electron chi connectivity index (χ0n) is 12.3. The average Bonchev–Trinajstić information content (AvgIpc) is 2.69. The van der Waals surface area contributed by atoms with Crippen LogP contribution in [0.1, 0.15) is 37.0 Å². The van der Waals surface area contributed by atoms with Gasteiger partial charge in [0.15, 0.2) is 0 Å². The van der Waals surface area contributed by atoms with Gasteiger partial charge in [0, 0.05) is 32.4 Å². The number of nitrogens with zero attached hydrogens (tertiary/aromatic N) is 2. The maximum atomic E-state index is 12.4. The minimum absolute atomic E-state index is 0.0388. The fourth-order valence-electron chi connectivity index (χ4n) is 2.24. The Balaban J connectivity index is 2.00. The molecule has 1 aliphatic rings. The SMILES string of the molecule is CCCNc1ccc(C(=O)N2CCCOC(C)C2)cn1. The van der Waals surface area contributed by atoms with E-state index in [2.05, 4.69) is 17.2 Å². The Morgan fingerprint density at radius 1 is 1.55 bits per heavy atom. The largest absolute Gasteiger partial charge is 0.377 e. The number of anilines is 1. The fourth-order valence-corrected chi connectivity index (χ4v) is 2.24. The molecule has 5 heteroatoms. The summed E-state index contributed by atoms with van der Waals surface area (Å²) in [5.74, 6) is 0.854. The van der Waals surface area contributed by atoms with Gasteiger partial charge >= 0.3 is 0 Å². The van der Waals surface area contributed by atoms with Crippen LogP contribution in [0.15, 0.2) is 18.3 Å². The van der Waals surface area contributed by atoms with E-state index < -0.39 is 0 Å². The number of pyridine rings is 1. The highest BCUT2D eigenvalue weighted by Crippen LogP contribution is 2.12. The summed E-state index contributed by atoms with van der Waals surface area (Å²) in [6, 6.07) is 3.70. The van der Waals surface area contributed by atoms with E-state index in [9.17, 15) is 4.79 Å². The van der Waals surface area contributed by atoms with Gasteiger partial charge in [0.2, 0.25) is 0 Å². The Morgan fingerprint density at radius 3 is 3.10 bits per heavy atom. The van der Waals surface area contributed by atoms with Crippen molar-refractivity contribution in [3.63, 3.8) is 0 Å². The first-order valence-electron chi connectivity index (χ1n) is 7.31. The third kappa shape index (κ3) is 3.93. The molecule has 1 amide bonds. The molecule has 0 bridgehead atoms. The van der Waals surface area contributed by atoms with Crippen LogP contribution in [0, 0.1) is 0 Å². The number of hydrogen-bond donors (Lipinski definition) is 1. The summed E-state index contributed by atoms with van der Waals surface area (Å²) in [6.45, 7) is 7.12. The quantitative estimate of drug-likeness (QED) is 0.916. The number of ether oxygens (including phenoxy) is 1. The van der Waals surface area contributed by atoms with E-state index in [1.165, 1.54) is 0 Å². The summed E-state index contributed by atoms with van der Waals surface area (Å²) in [6.07, 6.45) is 3.68. The highest BCUT2D eigenvalue weighted by Gasteiger charge is 2.21. The molecule has 1 aromatic heterocycles. The minimum atomic E-state index is 0.0388. The summed E-state index contributed by atoms with van der Waals surface area (Å²) < 4.78 is 5.56. The molecule has 1 aromatic rings. The van der Waals surface area contributed by atoms with Crippen LogP contribution in [0.2, 0.25) is 0 Å². The monoisotopic (exact) mass is 277 g/mol. The zero-order valence-corrected chi connectivity index (χ0v) is 12.3. The van der Waals surface area contributed by atoms with Crippen LogP contribution in [0.3, 0.4) is 0 Å². The van der Waals surface area contributed by atoms with Gasteiger partial charge in [-0.25, -0.2) is 4.98 Å². The van der Waals surface area contributed by atoms with E-state index in [1.54, 1.807) is 6.20 Å². The molecular formula is C15H23N3O2. The lowest BCUT2D eigenvalue weighted by Crippen LogP contribution is -2.35. The topological polar surface area (TPSA) is 54.5 Å². The normalized spacial score (nSPS) is 19.5. The van der Waals surface area contributed by atoms with E-state index in [0.29, 0.717) is 12.1 Å². The van der Waals surface area contributed by atoms with Crippen molar-refractivity contribution in [3.8, 4) is 0 Å². The van der Waals surface area contributed by atoms with E-state index in [-0.39, 0.29) is 12.0 Å². The van der Waals surface area contributed by atoms with E-state index in [0.717, 1.165) is 38.4 Å². The molecule has 1 saturated heterocycles.